The molecule has 1 aliphatic heterocycles. The number of anilines is 1. The van der Waals surface area contributed by atoms with Gasteiger partial charge in [0.1, 0.15) is 5.82 Å². The van der Waals surface area contributed by atoms with Gasteiger partial charge in [-0.2, -0.15) is 0 Å². The second-order valence-corrected chi connectivity index (χ2v) is 6.61. The molecule has 112 valence electrons. The number of para-hydroxylation sites is 1. The molecule has 0 radical (unpaired) electrons. The van der Waals surface area contributed by atoms with Gasteiger partial charge in [0, 0.05) is 5.92 Å². The van der Waals surface area contributed by atoms with Crippen molar-refractivity contribution in [3.05, 3.63) is 75.5 Å². The summed E-state index contributed by atoms with van der Waals surface area (Å²) in [6.07, 6.45) is 5.29. The maximum absolute atomic E-state index is 14.3. The summed E-state index contributed by atoms with van der Waals surface area (Å²) in [5.74, 6) is 0.316. The number of rotatable bonds is 1. The van der Waals surface area contributed by atoms with Gasteiger partial charge < -0.3 is 5.32 Å². The van der Waals surface area contributed by atoms with Crippen LogP contribution in [0.2, 0.25) is 10.0 Å². The number of nitrogens with one attached hydrogen (secondary N) is 1. The Kier molecular flexibility index (Phi) is 3.39. The molecule has 0 aromatic heterocycles. The highest BCUT2D eigenvalue weighted by Crippen LogP contribution is 2.51. The minimum absolute atomic E-state index is 0.0457. The molecule has 0 saturated heterocycles. The summed E-state index contributed by atoms with van der Waals surface area (Å²) in [6, 6.07) is 10.8. The number of hydrogen-bond donors (Lipinski definition) is 1. The van der Waals surface area contributed by atoms with Crippen LogP contribution in [0, 0.1) is 11.7 Å². The molecule has 3 atom stereocenters. The molecule has 2 unspecified atom stereocenters. The van der Waals surface area contributed by atoms with E-state index in [4.69, 9.17) is 23.2 Å². The minimum Gasteiger partial charge on any atom is -0.375 e. The first-order valence-corrected chi connectivity index (χ1v) is 8.08. The van der Waals surface area contributed by atoms with Gasteiger partial charge in [-0.25, -0.2) is 4.39 Å². The van der Waals surface area contributed by atoms with Gasteiger partial charge in [-0.1, -0.05) is 59.6 Å². The smallest absolute Gasteiger partial charge is 0.146 e. The van der Waals surface area contributed by atoms with Crippen molar-refractivity contribution >= 4 is 28.9 Å². The van der Waals surface area contributed by atoms with Crippen molar-refractivity contribution < 1.29 is 4.39 Å². The van der Waals surface area contributed by atoms with Crippen LogP contribution in [0.3, 0.4) is 0 Å². The summed E-state index contributed by atoms with van der Waals surface area (Å²) in [6.45, 7) is 0. The molecule has 0 fully saturated rings. The Bertz CT molecular complexity index is 772. The zero-order chi connectivity index (χ0) is 15.3. The average molecular weight is 334 g/mol. The molecule has 2 aromatic rings. The molecule has 0 amide bonds. The predicted octanol–water partition coefficient (Wildman–Crippen LogP) is 5.96. The zero-order valence-corrected chi connectivity index (χ0v) is 13.2. The SMILES string of the molecule is Fc1cccc2c1N[C@H](c1cccc(Cl)c1Cl)C1CC=CC21. The number of halogens is 3. The van der Waals surface area contributed by atoms with E-state index in [1.165, 1.54) is 6.07 Å². The van der Waals surface area contributed by atoms with E-state index >= 15 is 0 Å². The predicted molar refractivity (Wildman–Crippen MR) is 89.2 cm³/mol. The van der Waals surface area contributed by atoms with E-state index in [-0.39, 0.29) is 17.8 Å². The molecule has 0 spiro atoms. The molecular formula is C18H14Cl2FN. The van der Waals surface area contributed by atoms with Crippen LogP contribution in [0.25, 0.3) is 0 Å². The van der Waals surface area contributed by atoms with Gasteiger partial charge in [0.25, 0.3) is 0 Å². The lowest BCUT2D eigenvalue weighted by molar-refractivity contribution is 0.421. The Morgan fingerprint density at radius 2 is 1.82 bits per heavy atom. The summed E-state index contributed by atoms with van der Waals surface area (Å²) in [5.41, 5.74) is 2.53. The van der Waals surface area contributed by atoms with Crippen LogP contribution >= 0.6 is 23.2 Å². The molecule has 2 aromatic carbocycles. The average Bonchev–Trinajstić information content (AvgIpc) is 3.00. The van der Waals surface area contributed by atoms with Gasteiger partial charge in [0.15, 0.2) is 0 Å². The Hall–Kier alpha value is -1.51. The van der Waals surface area contributed by atoms with Crippen molar-refractivity contribution in [2.75, 3.05) is 5.32 Å². The molecule has 0 saturated carbocycles. The van der Waals surface area contributed by atoms with Gasteiger partial charge >= 0.3 is 0 Å². The van der Waals surface area contributed by atoms with Gasteiger partial charge in [0.05, 0.1) is 21.8 Å². The van der Waals surface area contributed by atoms with Crippen LogP contribution in [0.5, 0.6) is 0 Å². The molecule has 4 rings (SSSR count). The van der Waals surface area contributed by atoms with E-state index in [1.807, 2.05) is 18.2 Å². The molecule has 1 heterocycles. The second-order valence-electron chi connectivity index (χ2n) is 5.82. The molecular weight excluding hydrogens is 320 g/mol. The number of benzene rings is 2. The summed E-state index contributed by atoms with van der Waals surface area (Å²) < 4.78 is 14.3. The Balaban J connectivity index is 1.86. The molecule has 1 N–H and O–H groups in total. The maximum atomic E-state index is 14.3. The molecule has 22 heavy (non-hydrogen) atoms. The quantitative estimate of drug-likeness (QED) is 0.635. The maximum Gasteiger partial charge on any atom is 0.146 e. The monoisotopic (exact) mass is 333 g/mol. The Labute approximate surface area is 138 Å². The molecule has 2 aliphatic rings. The van der Waals surface area contributed by atoms with E-state index in [0.717, 1.165) is 17.5 Å². The Morgan fingerprint density at radius 1 is 1.05 bits per heavy atom. The van der Waals surface area contributed by atoms with Crippen molar-refractivity contribution in [1.29, 1.82) is 0 Å². The van der Waals surface area contributed by atoms with Crippen molar-refractivity contribution in [2.24, 2.45) is 5.92 Å². The first-order chi connectivity index (χ1) is 10.7. The van der Waals surface area contributed by atoms with Crippen LogP contribution in [-0.4, -0.2) is 0 Å². The van der Waals surface area contributed by atoms with Crippen molar-refractivity contribution in [1.82, 2.24) is 0 Å². The standard InChI is InChI=1S/C18H14Cl2FN/c19-14-8-2-7-13(16(14)20)17-11-5-1-4-10(11)12-6-3-9-15(21)18(12)22-17/h1-4,6-11,17,22H,5H2/t10?,11?,17-/m0/s1. The van der Waals surface area contributed by atoms with E-state index in [9.17, 15) is 4.39 Å². The molecule has 0 bridgehead atoms. The van der Waals surface area contributed by atoms with E-state index < -0.39 is 0 Å². The van der Waals surface area contributed by atoms with Crippen molar-refractivity contribution in [2.45, 2.75) is 18.4 Å². The third-order valence-corrected chi connectivity index (χ3v) is 5.50. The fourth-order valence-corrected chi connectivity index (χ4v) is 4.08. The van der Waals surface area contributed by atoms with Crippen LogP contribution < -0.4 is 5.32 Å². The number of hydrogen-bond acceptors (Lipinski definition) is 1. The number of allylic oxidation sites excluding steroid dienone is 2. The van der Waals surface area contributed by atoms with Crippen molar-refractivity contribution in [3.63, 3.8) is 0 Å². The second kappa shape index (κ2) is 5.29. The van der Waals surface area contributed by atoms with Crippen LogP contribution in [0.15, 0.2) is 48.6 Å². The lowest BCUT2D eigenvalue weighted by atomic mass is 9.77. The van der Waals surface area contributed by atoms with Gasteiger partial charge in [0.2, 0.25) is 0 Å². The summed E-state index contributed by atoms with van der Waals surface area (Å²) in [4.78, 5) is 0. The first kappa shape index (κ1) is 14.1. The van der Waals surface area contributed by atoms with Crippen molar-refractivity contribution in [3.8, 4) is 0 Å². The van der Waals surface area contributed by atoms with Crippen LogP contribution in [0.4, 0.5) is 10.1 Å². The number of fused-ring (bicyclic) bond motifs is 3. The molecule has 1 aliphatic carbocycles. The highest BCUT2D eigenvalue weighted by atomic mass is 35.5. The van der Waals surface area contributed by atoms with Gasteiger partial charge in [-0.05, 0) is 35.6 Å². The fraction of sp³-hybridized carbons (Fsp3) is 0.222. The first-order valence-electron chi connectivity index (χ1n) is 7.32. The molecule has 1 nitrogen and oxygen atoms in total. The minimum atomic E-state index is -0.223. The summed E-state index contributed by atoms with van der Waals surface area (Å²) >= 11 is 12.6. The Morgan fingerprint density at radius 3 is 2.68 bits per heavy atom. The topological polar surface area (TPSA) is 12.0 Å². The third kappa shape index (κ3) is 2.05. The lowest BCUT2D eigenvalue weighted by Gasteiger charge is -2.38. The van der Waals surface area contributed by atoms with Crippen LogP contribution in [0.1, 0.15) is 29.5 Å². The summed E-state index contributed by atoms with van der Waals surface area (Å²) in [5, 5.41) is 4.44. The summed E-state index contributed by atoms with van der Waals surface area (Å²) in [7, 11) is 0. The third-order valence-electron chi connectivity index (χ3n) is 4.66. The van der Waals surface area contributed by atoms with E-state index in [1.54, 1.807) is 12.1 Å². The fourth-order valence-electron chi connectivity index (χ4n) is 3.65. The van der Waals surface area contributed by atoms with Crippen LogP contribution in [-0.2, 0) is 0 Å². The molecule has 4 heteroatoms. The zero-order valence-electron chi connectivity index (χ0n) is 11.7. The lowest BCUT2D eigenvalue weighted by Crippen LogP contribution is -2.29. The van der Waals surface area contributed by atoms with Gasteiger partial charge in [-0.3, -0.25) is 0 Å². The van der Waals surface area contributed by atoms with E-state index in [2.05, 4.69) is 17.5 Å². The largest absolute Gasteiger partial charge is 0.375 e. The van der Waals surface area contributed by atoms with Gasteiger partial charge in [-0.15, -0.1) is 0 Å². The highest BCUT2D eigenvalue weighted by molar-refractivity contribution is 6.42. The normalized spacial score (nSPS) is 25.5. The highest BCUT2D eigenvalue weighted by Gasteiger charge is 2.39. The van der Waals surface area contributed by atoms with E-state index in [0.29, 0.717) is 21.7 Å².